The summed E-state index contributed by atoms with van der Waals surface area (Å²) in [5.41, 5.74) is 1.92. The van der Waals surface area contributed by atoms with E-state index in [1.807, 2.05) is 35.7 Å². The van der Waals surface area contributed by atoms with Gasteiger partial charge in [-0.15, -0.1) is 11.3 Å². The zero-order valence-corrected chi connectivity index (χ0v) is 10.3. The second-order valence-electron chi connectivity index (χ2n) is 3.11. The lowest BCUT2D eigenvalue weighted by atomic mass is 10.1. The number of benzene rings is 1. The Morgan fingerprint density at radius 1 is 1.20 bits per heavy atom. The molecule has 15 heavy (non-hydrogen) atoms. The van der Waals surface area contributed by atoms with E-state index in [4.69, 9.17) is 0 Å². The molecule has 1 nitrogen and oxygen atoms in total. The van der Waals surface area contributed by atoms with Crippen molar-refractivity contribution >= 4 is 33.0 Å². The van der Waals surface area contributed by atoms with Gasteiger partial charge in [0.2, 0.25) is 0 Å². The van der Waals surface area contributed by atoms with Crippen molar-refractivity contribution < 1.29 is 4.79 Å². The number of Topliss-reactive ketones (excluding diaryl/α,β-unsaturated/α-hetero) is 1. The highest BCUT2D eigenvalue weighted by molar-refractivity contribution is 9.09. The molecule has 0 spiro atoms. The number of thiophene rings is 1. The SMILES string of the molecule is O=C(CBr)c1ccc(-c2cccs2)cc1. The molecular formula is C12H9BrOS. The molecule has 0 fully saturated rings. The van der Waals surface area contributed by atoms with Crippen LogP contribution in [0.4, 0.5) is 0 Å². The molecule has 1 heterocycles. The number of alkyl halides is 1. The van der Waals surface area contributed by atoms with Gasteiger partial charge in [0.25, 0.3) is 0 Å². The van der Waals surface area contributed by atoms with Crippen LogP contribution in [0.25, 0.3) is 10.4 Å². The van der Waals surface area contributed by atoms with Crippen molar-refractivity contribution in [1.82, 2.24) is 0 Å². The third-order valence-corrected chi connectivity index (χ3v) is 3.56. The van der Waals surface area contributed by atoms with Crippen LogP contribution in [0.2, 0.25) is 0 Å². The molecule has 0 amide bonds. The van der Waals surface area contributed by atoms with Crippen molar-refractivity contribution in [2.24, 2.45) is 0 Å². The van der Waals surface area contributed by atoms with E-state index >= 15 is 0 Å². The smallest absolute Gasteiger partial charge is 0.173 e. The van der Waals surface area contributed by atoms with E-state index < -0.39 is 0 Å². The van der Waals surface area contributed by atoms with Crippen LogP contribution in [-0.4, -0.2) is 11.1 Å². The number of hydrogen-bond donors (Lipinski definition) is 0. The Morgan fingerprint density at radius 3 is 2.47 bits per heavy atom. The molecule has 1 aromatic carbocycles. The van der Waals surface area contributed by atoms with Crippen molar-refractivity contribution in [2.75, 3.05) is 5.33 Å². The summed E-state index contributed by atoms with van der Waals surface area (Å²) in [6, 6.07) is 11.8. The second-order valence-corrected chi connectivity index (χ2v) is 4.62. The van der Waals surface area contributed by atoms with Crippen LogP contribution in [0.3, 0.4) is 0 Å². The first-order valence-corrected chi connectivity index (χ1v) is 6.54. The number of ketones is 1. The predicted molar refractivity (Wildman–Crippen MR) is 67.9 cm³/mol. The first-order chi connectivity index (χ1) is 7.31. The molecule has 0 atom stereocenters. The predicted octanol–water partition coefficient (Wildman–Crippen LogP) is 3.99. The molecule has 0 saturated carbocycles. The maximum absolute atomic E-state index is 11.4. The van der Waals surface area contributed by atoms with Gasteiger partial charge >= 0.3 is 0 Å². The molecular weight excluding hydrogens is 272 g/mol. The monoisotopic (exact) mass is 280 g/mol. The summed E-state index contributed by atoms with van der Waals surface area (Å²) < 4.78 is 0. The quantitative estimate of drug-likeness (QED) is 0.614. The van der Waals surface area contributed by atoms with Crippen LogP contribution >= 0.6 is 27.3 Å². The second kappa shape index (κ2) is 4.73. The molecule has 0 aliphatic rings. The molecule has 1 aromatic heterocycles. The average molecular weight is 281 g/mol. The number of rotatable bonds is 3. The van der Waals surface area contributed by atoms with Crippen LogP contribution in [0.5, 0.6) is 0 Å². The van der Waals surface area contributed by atoms with Crippen molar-refractivity contribution in [3.8, 4) is 10.4 Å². The highest BCUT2D eigenvalue weighted by Crippen LogP contribution is 2.24. The summed E-state index contributed by atoms with van der Waals surface area (Å²) in [6.45, 7) is 0. The summed E-state index contributed by atoms with van der Waals surface area (Å²) in [4.78, 5) is 12.6. The topological polar surface area (TPSA) is 17.1 Å². The normalized spacial score (nSPS) is 10.2. The van der Waals surface area contributed by atoms with Crippen molar-refractivity contribution in [3.63, 3.8) is 0 Å². The van der Waals surface area contributed by atoms with Crippen LogP contribution in [0.15, 0.2) is 41.8 Å². The van der Waals surface area contributed by atoms with E-state index in [0.29, 0.717) is 5.33 Å². The van der Waals surface area contributed by atoms with Gasteiger partial charge < -0.3 is 0 Å². The van der Waals surface area contributed by atoms with E-state index in [2.05, 4.69) is 22.0 Å². The molecule has 0 radical (unpaired) electrons. The Labute approximate surface area is 101 Å². The van der Waals surface area contributed by atoms with Crippen molar-refractivity contribution in [3.05, 3.63) is 47.3 Å². The summed E-state index contributed by atoms with van der Waals surface area (Å²) in [5.74, 6) is 0.118. The van der Waals surface area contributed by atoms with E-state index in [0.717, 1.165) is 11.1 Å². The first kappa shape index (κ1) is 10.6. The zero-order valence-electron chi connectivity index (χ0n) is 7.94. The minimum atomic E-state index is 0.118. The molecule has 0 unspecified atom stereocenters. The van der Waals surface area contributed by atoms with Gasteiger partial charge in [0.05, 0.1) is 5.33 Å². The largest absolute Gasteiger partial charge is 0.293 e. The maximum Gasteiger partial charge on any atom is 0.173 e. The lowest BCUT2D eigenvalue weighted by molar-refractivity contribution is 0.102. The van der Waals surface area contributed by atoms with Gasteiger partial charge in [-0.05, 0) is 17.0 Å². The zero-order chi connectivity index (χ0) is 10.7. The fourth-order valence-electron chi connectivity index (χ4n) is 1.34. The Kier molecular flexibility index (Phi) is 3.34. The first-order valence-electron chi connectivity index (χ1n) is 4.54. The third kappa shape index (κ3) is 2.36. The highest BCUT2D eigenvalue weighted by Gasteiger charge is 2.04. The summed E-state index contributed by atoms with van der Waals surface area (Å²) in [5, 5.41) is 2.43. The van der Waals surface area contributed by atoms with Gasteiger partial charge in [0.1, 0.15) is 0 Å². The van der Waals surface area contributed by atoms with Crippen molar-refractivity contribution in [2.45, 2.75) is 0 Å². The number of carbonyl (C=O) groups is 1. The van der Waals surface area contributed by atoms with E-state index in [-0.39, 0.29) is 5.78 Å². The summed E-state index contributed by atoms with van der Waals surface area (Å²) >= 11 is 4.86. The van der Waals surface area contributed by atoms with Crippen LogP contribution in [0, 0.1) is 0 Å². The van der Waals surface area contributed by atoms with E-state index in [1.54, 1.807) is 11.3 Å². The molecule has 0 aliphatic carbocycles. The fourth-order valence-corrected chi connectivity index (χ4v) is 2.40. The molecule has 2 rings (SSSR count). The number of carbonyl (C=O) groups excluding carboxylic acids is 1. The Bertz CT molecular complexity index is 445. The van der Waals surface area contributed by atoms with Gasteiger partial charge in [-0.3, -0.25) is 4.79 Å². The number of halogens is 1. The molecule has 2 aromatic rings. The van der Waals surface area contributed by atoms with Gasteiger partial charge in [-0.2, -0.15) is 0 Å². The average Bonchev–Trinajstić information content (AvgIpc) is 2.82. The fraction of sp³-hybridized carbons (Fsp3) is 0.0833. The summed E-state index contributed by atoms with van der Waals surface area (Å²) in [7, 11) is 0. The number of hydrogen-bond acceptors (Lipinski definition) is 2. The third-order valence-electron chi connectivity index (χ3n) is 2.13. The van der Waals surface area contributed by atoms with Gasteiger partial charge in [-0.1, -0.05) is 46.3 Å². The molecule has 0 aliphatic heterocycles. The Morgan fingerprint density at radius 2 is 1.93 bits per heavy atom. The molecule has 3 heteroatoms. The Hall–Kier alpha value is -0.930. The van der Waals surface area contributed by atoms with Crippen molar-refractivity contribution in [1.29, 1.82) is 0 Å². The lowest BCUT2D eigenvalue weighted by Gasteiger charge is -1.99. The van der Waals surface area contributed by atoms with Gasteiger partial charge in [-0.25, -0.2) is 0 Å². The van der Waals surface area contributed by atoms with Crippen LogP contribution < -0.4 is 0 Å². The minimum Gasteiger partial charge on any atom is -0.293 e. The van der Waals surface area contributed by atoms with E-state index in [1.165, 1.54) is 4.88 Å². The van der Waals surface area contributed by atoms with Crippen LogP contribution in [0.1, 0.15) is 10.4 Å². The Balaban J connectivity index is 2.29. The molecule has 0 bridgehead atoms. The molecule has 0 saturated heterocycles. The summed E-state index contributed by atoms with van der Waals surface area (Å²) in [6.07, 6.45) is 0. The van der Waals surface area contributed by atoms with Gasteiger partial charge in [0, 0.05) is 10.4 Å². The highest BCUT2D eigenvalue weighted by atomic mass is 79.9. The minimum absolute atomic E-state index is 0.118. The van der Waals surface area contributed by atoms with E-state index in [9.17, 15) is 4.79 Å². The molecule has 76 valence electrons. The van der Waals surface area contributed by atoms with Crippen LogP contribution in [-0.2, 0) is 0 Å². The molecule has 0 N–H and O–H groups in total. The van der Waals surface area contributed by atoms with Gasteiger partial charge in [0.15, 0.2) is 5.78 Å². The maximum atomic E-state index is 11.4. The standard InChI is InChI=1S/C12H9BrOS/c13-8-11(14)9-3-5-10(6-4-9)12-2-1-7-15-12/h1-7H,8H2. The lowest BCUT2D eigenvalue weighted by Crippen LogP contribution is -1.98.